The van der Waals surface area contributed by atoms with Gasteiger partial charge in [0.15, 0.2) is 5.13 Å². The maximum absolute atomic E-state index is 12.1. The van der Waals surface area contributed by atoms with E-state index in [9.17, 15) is 4.79 Å². The molecule has 0 aliphatic rings. The minimum absolute atomic E-state index is 0.304. The first-order valence-corrected chi connectivity index (χ1v) is 10.9. The summed E-state index contributed by atoms with van der Waals surface area (Å²) in [5.74, 6) is 0. The SMILES string of the molecule is CCN(CC)CCN(C)Cc1csc(NC(=O)NCc2ccc(Cl)c(Cl)c2)n1. The molecule has 0 saturated carbocycles. The molecule has 0 atom stereocenters. The van der Waals surface area contributed by atoms with Crippen molar-refractivity contribution >= 4 is 45.7 Å². The molecule has 0 saturated heterocycles. The molecule has 0 spiro atoms. The van der Waals surface area contributed by atoms with Gasteiger partial charge in [0.1, 0.15) is 0 Å². The number of thiazole rings is 1. The number of hydrogen-bond donors (Lipinski definition) is 2. The summed E-state index contributed by atoms with van der Waals surface area (Å²) in [4.78, 5) is 21.2. The van der Waals surface area contributed by atoms with Crippen molar-refractivity contribution in [2.75, 3.05) is 38.5 Å². The van der Waals surface area contributed by atoms with Crippen molar-refractivity contribution < 1.29 is 4.79 Å². The highest BCUT2D eigenvalue weighted by atomic mass is 35.5. The van der Waals surface area contributed by atoms with E-state index in [-0.39, 0.29) is 6.03 Å². The van der Waals surface area contributed by atoms with Gasteiger partial charge >= 0.3 is 6.03 Å². The van der Waals surface area contributed by atoms with E-state index >= 15 is 0 Å². The predicted octanol–water partition coefficient (Wildman–Crippen LogP) is 4.55. The van der Waals surface area contributed by atoms with E-state index in [0.29, 0.717) is 21.7 Å². The van der Waals surface area contributed by atoms with Crippen molar-refractivity contribution in [2.24, 2.45) is 0 Å². The molecule has 1 heterocycles. The van der Waals surface area contributed by atoms with Crippen LogP contribution in [0.5, 0.6) is 0 Å². The first-order chi connectivity index (χ1) is 13.4. The number of urea groups is 1. The molecule has 9 heteroatoms. The number of nitrogens with zero attached hydrogens (tertiary/aromatic N) is 3. The molecular weight excluding hydrogens is 417 g/mol. The van der Waals surface area contributed by atoms with Crippen LogP contribution in [-0.2, 0) is 13.1 Å². The van der Waals surface area contributed by atoms with Crippen LogP contribution in [0.25, 0.3) is 0 Å². The molecule has 0 aliphatic heterocycles. The monoisotopic (exact) mass is 443 g/mol. The van der Waals surface area contributed by atoms with E-state index in [1.54, 1.807) is 12.1 Å². The molecule has 2 N–H and O–H groups in total. The van der Waals surface area contributed by atoms with Crippen LogP contribution in [0, 0.1) is 0 Å². The number of benzene rings is 1. The molecule has 2 amide bonds. The first kappa shape index (κ1) is 22.9. The summed E-state index contributed by atoms with van der Waals surface area (Å²) >= 11 is 13.3. The Hall–Kier alpha value is -1.38. The van der Waals surface area contributed by atoms with E-state index in [1.807, 2.05) is 11.4 Å². The first-order valence-electron chi connectivity index (χ1n) is 9.25. The number of hydrogen-bond acceptors (Lipinski definition) is 5. The average Bonchev–Trinajstić information content (AvgIpc) is 3.10. The third-order valence-electron chi connectivity index (χ3n) is 4.33. The number of aromatic nitrogens is 1. The fourth-order valence-corrected chi connectivity index (χ4v) is 3.64. The van der Waals surface area contributed by atoms with Gasteiger partial charge in [0.25, 0.3) is 0 Å². The van der Waals surface area contributed by atoms with E-state index < -0.39 is 0 Å². The second-order valence-electron chi connectivity index (χ2n) is 6.46. The largest absolute Gasteiger partial charge is 0.334 e. The number of rotatable bonds is 10. The van der Waals surface area contributed by atoms with Gasteiger partial charge in [0, 0.05) is 31.6 Å². The van der Waals surface area contributed by atoms with Gasteiger partial charge in [-0.15, -0.1) is 11.3 Å². The van der Waals surface area contributed by atoms with Gasteiger partial charge in [-0.1, -0.05) is 43.1 Å². The Kier molecular flexibility index (Phi) is 9.47. The molecule has 0 bridgehead atoms. The lowest BCUT2D eigenvalue weighted by molar-refractivity contribution is 0.235. The smallest absolute Gasteiger partial charge is 0.321 e. The molecule has 0 aliphatic carbocycles. The maximum atomic E-state index is 12.1. The molecular formula is C19H27Cl2N5OS. The van der Waals surface area contributed by atoms with Gasteiger partial charge in [-0.2, -0.15) is 0 Å². The van der Waals surface area contributed by atoms with Crippen molar-refractivity contribution in [3.63, 3.8) is 0 Å². The van der Waals surface area contributed by atoms with Crippen molar-refractivity contribution in [1.29, 1.82) is 0 Å². The zero-order valence-corrected chi connectivity index (χ0v) is 18.8. The lowest BCUT2D eigenvalue weighted by Crippen LogP contribution is -2.32. The van der Waals surface area contributed by atoms with Crippen LogP contribution in [0.2, 0.25) is 10.0 Å². The summed E-state index contributed by atoms with van der Waals surface area (Å²) < 4.78 is 0. The highest BCUT2D eigenvalue weighted by molar-refractivity contribution is 7.13. The topological polar surface area (TPSA) is 60.5 Å². The summed E-state index contributed by atoms with van der Waals surface area (Å²) in [5.41, 5.74) is 1.83. The van der Waals surface area contributed by atoms with E-state index in [0.717, 1.165) is 44.0 Å². The summed E-state index contributed by atoms with van der Waals surface area (Å²) in [5, 5.41) is 9.08. The van der Waals surface area contributed by atoms with Crippen molar-refractivity contribution in [3.05, 3.63) is 44.9 Å². The number of nitrogens with one attached hydrogen (secondary N) is 2. The molecule has 0 radical (unpaired) electrons. The van der Waals surface area contributed by atoms with E-state index in [1.165, 1.54) is 11.3 Å². The summed E-state index contributed by atoms with van der Waals surface area (Å²) in [6, 6.07) is 4.97. The van der Waals surface area contributed by atoms with Gasteiger partial charge in [-0.3, -0.25) is 10.2 Å². The van der Waals surface area contributed by atoms with Crippen LogP contribution >= 0.6 is 34.5 Å². The Morgan fingerprint density at radius 1 is 1.18 bits per heavy atom. The number of amides is 2. The molecule has 2 rings (SSSR count). The summed E-state index contributed by atoms with van der Waals surface area (Å²) in [6.07, 6.45) is 0. The number of halogens is 2. The Balaban J connectivity index is 1.76. The van der Waals surface area contributed by atoms with Crippen molar-refractivity contribution in [2.45, 2.75) is 26.9 Å². The minimum Gasteiger partial charge on any atom is -0.334 e. The van der Waals surface area contributed by atoms with Gasteiger partial charge in [-0.05, 0) is 37.8 Å². The Morgan fingerprint density at radius 2 is 1.93 bits per heavy atom. The second kappa shape index (κ2) is 11.6. The lowest BCUT2D eigenvalue weighted by atomic mass is 10.2. The highest BCUT2D eigenvalue weighted by Gasteiger charge is 2.09. The van der Waals surface area contributed by atoms with Crippen molar-refractivity contribution in [1.82, 2.24) is 20.1 Å². The van der Waals surface area contributed by atoms with Crippen LogP contribution in [0.4, 0.5) is 9.93 Å². The number of likely N-dealkylation sites (N-methyl/N-ethyl adjacent to an activating group) is 2. The van der Waals surface area contributed by atoms with Crippen LogP contribution in [0.1, 0.15) is 25.1 Å². The summed E-state index contributed by atoms with van der Waals surface area (Å²) in [6.45, 7) is 9.60. The van der Waals surface area contributed by atoms with Gasteiger partial charge in [-0.25, -0.2) is 9.78 Å². The fourth-order valence-electron chi connectivity index (χ4n) is 2.62. The predicted molar refractivity (Wildman–Crippen MR) is 119 cm³/mol. The van der Waals surface area contributed by atoms with Crippen LogP contribution < -0.4 is 10.6 Å². The van der Waals surface area contributed by atoms with Gasteiger partial charge in [0.2, 0.25) is 0 Å². The zero-order valence-electron chi connectivity index (χ0n) is 16.5. The van der Waals surface area contributed by atoms with E-state index in [2.05, 4.69) is 46.3 Å². The summed E-state index contributed by atoms with van der Waals surface area (Å²) in [7, 11) is 2.08. The second-order valence-corrected chi connectivity index (χ2v) is 8.14. The number of carbonyl (C=O) groups excluding carboxylic acids is 1. The normalized spacial score (nSPS) is 11.2. The molecule has 6 nitrogen and oxygen atoms in total. The third-order valence-corrected chi connectivity index (χ3v) is 5.88. The molecule has 28 heavy (non-hydrogen) atoms. The van der Waals surface area contributed by atoms with Crippen molar-refractivity contribution in [3.8, 4) is 0 Å². The van der Waals surface area contributed by atoms with E-state index in [4.69, 9.17) is 23.2 Å². The van der Waals surface area contributed by atoms with Gasteiger partial charge in [0.05, 0.1) is 15.7 Å². The third kappa shape index (κ3) is 7.56. The maximum Gasteiger partial charge on any atom is 0.321 e. The Labute approximate surface area is 180 Å². The lowest BCUT2D eigenvalue weighted by Gasteiger charge is -2.22. The van der Waals surface area contributed by atoms with Crippen LogP contribution in [-0.4, -0.2) is 54.0 Å². The molecule has 2 aromatic rings. The molecule has 1 aromatic heterocycles. The van der Waals surface area contributed by atoms with Crippen LogP contribution in [0.3, 0.4) is 0 Å². The molecule has 0 unspecified atom stereocenters. The molecule has 1 aromatic carbocycles. The Bertz CT molecular complexity index is 767. The molecule has 154 valence electrons. The fraction of sp³-hybridized carbons (Fsp3) is 0.474. The van der Waals surface area contributed by atoms with Crippen LogP contribution in [0.15, 0.2) is 23.6 Å². The quantitative estimate of drug-likeness (QED) is 0.565. The molecule has 0 fully saturated rings. The Morgan fingerprint density at radius 3 is 2.61 bits per heavy atom. The zero-order chi connectivity index (χ0) is 20.5. The van der Waals surface area contributed by atoms with Gasteiger partial charge < -0.3 is 10.2 Å². The highest BCUT2D eigenvalue weighted by Crippen LogP contribution is 2.22. The number of carbonyl (C=O) groups is 1. The minimum atomic E-state index is -0.304. The standard InChI is InChI=1S/C19H27Cl2N5OS/c1-4-26(5-2)9-8-25(3)12-15-13-28-19(23-15)24-18(27)22-11-14-6-7-16(20)17(21)10-14/h6-7,10,13H,4-5,8-9,11-12H2,1-3H3,(H2,22,23,24,27). The number of anilines is 1. The average molecular weight is 444 g/mol.